The molecule has 0 aliphatic heterocycles. The monoisotopic (exact) mass is 265 g/mol. The standard InChI is InChI=1S/C14H13ClFNO/c1-9-3-4-12(16)6-13(9)18-14-5-10(2)17-8-11(14)7-15/h3-6,8H,7H2,1-2H3. The van der Waals surface area contributed by atoms with E-state index in [1.807, 2.05) is 13.8 Å². The number of benzene rings is 1. The molecule has 0 bridgehead atoms. The second kappa shape index (κ2) is 5.36. The number of hydrogen-bond donors (Lipinski definition) is 0. The van der Waals surface area contributed by atoms with Gasteiger partial charge < -0.3 is 4.74 Å². The van der Waals surface area contributed by atoms with Gasteiger partial charge in [-0.3, -0.25) is 4.98 Å². The van der Waals surface area contributed by atoms with Crippen LogP contribution in [0, 0.1) is 19.7 Å². The SMILES string of the molecule is Cc1cc(Oc2cc(F)ccc2C)c(CCl)cn1. The van der Waals surface area contributed by atoms with Gasteiger partial charge in [0.05, 0.1) is 5.88 Å². The molecule has 0 saturated carbocycles. The van der Waals surface area contributed by atoms with Gasteiger partial charge in [-0.25, -0.2) is 4.39 Å². The average molecular weight is 266 g/mol. The Kier molecular flexibility index (Phi) is 3.82. The summed E-state index contributed by atoms with van der Waals surface area (Å²) in [6, 6.07) is 6.24. The molecule has 1 aromatic heterocycles. The van der Waals surface area contributed by atoms with Gasteiger partial charge in [-0.15, -0.1) is 11.6 Å². The van der Waals surface area contributed by atoms with Crippen LogP contribution in [0.1, 0.15) is 16.8 Å². The predicted octanol–water partition coefficient (Wildman–Crippen LogP) is 4.37. The van der Waals surface area contributed by atoms with Gasteiger partial charge in [0.25, 0.3) is 0 Å². The molecule has 0 aliphatic carbocycles. The van der Waals surface area contributed by atoms with Crippen molar-refractivity contribution < 1.29 is 9.13 Å². The highest BCUT2D eigenvalue weighted by molar-refractivity contribution is 6.17. The van der Waals surface area contributed by atoms with Gasteiger partial charge in [-0.1, -0.05) is 6.07 Å². The molecule has 0 radical (unpaired) electrons. The summed E-state index contributed by atoms with van der Waals surface area (Å²) >= 11 is 5.83. The summed E-state index contributed by atoms with van der Waals surface area (Å²) in [7, 11) is 0. The van der Waals surface area contributed by atoms with E-state index in [4.69, 9.17) is 16.3 Å². The number of halogens is 2. The zero-order valence-corrected chi connectivity index (χ0v) is 11.0. The number of rotatable bonds is 3. The largest absolute Gasteiger partial charge is 0.457 e. The number of ether oxygens (including phenoxy) is 1. The highest BCUT2D eigenvalue weighted by Crippen LogP contribution is 2.29. The molecule has 0 saturated heterocycles. The molecule has 2 rings (SSSR count). The number of nitrogens with zero attached hydrogens (tertiary/aromatic N) is 1. The van der Waals surface area contributed by atoms with Crippen molar-refractivity contribution in [3.8, 4) is 11.5 Å². The summed E-state index contributed by atoms with van der Waals surface area (Å²) < 4.78 is 18.9. The van der Waals surface area contributed by atoms with E-state index in [9.17, 15) is 4.39 Å². The van der Waals surface area contributed by atoms with E-state index in [1.54, 1.807) is 18.3 Å². The number of pyridine rings is 1. The van der Waals surface area contributed by atoms with Crippen molar-refractivity contribution in [3.05, 3.63) is 53.1 Å². The van der Waals surface area contributed by atoms with E-state index in [2.05, 4.69) is 4.98 Å². The molecule has 0 N–H and O–H groups in total. The van der Waals surface area contributed by atoms with Crippen molar-refractivity contribution in [1.29, 1.82) is 0 Å². The lowest BCUT2D eigenvalue weighted by Gasteiger charge is -2.12. The summed E-state index contributed by atoms with van der Waals surface area (Å²) in [5.74, 6) is 1.09. The predicted molar refractivity (Wildman–Crippen MR) is 69.7 cm³/mol. The Labute approximate surface area is 110 Å². The van der Waals surface area contributed by atoms with E-state index in [1.165, 1.54) is 12.1 Å². The lowest BCUT2D eigenvalue weighted by Crippen LogP contribution is -1.95. The molecule has 0 fully saturated rings. The van der Waals surface area contributed by atoms with Crippen LogP contribution in [0.25, 0.3) is 0 Å². The lowest BCUT2D eigenvalue weighted by atomic mass is 10.2. The van der Waals surface area contributed by atoms with Gasteiger partial charge in [0.1, 0.15) is 17.3 Å². The van der Waals surface area contributed by atoms with E-state index >= 15 is 0 Å². The van der Waals surface area contributed by atoms with Crippen LogP contribution in [0.15, 0.2) is 30.5 Å². The Hall–Kier alpha value is -1.61. The summed E-state index contributed by atoms with van der Waals surface area (Å²) in [6.07, 6.45) is 1.67. The normalized spacial score (nSPS) is 10.4. The molecule has 0 atom stereocenters. The first kappa shape index (κ1) is 12.8. The van der Waals surface area contributed by atoms with Crippen LogP contribution in [0.3, 0.4) is 0 Å². The van der Waals surface area contributed by atoms with Crippen molar-refractivity contribution in [2.75, 3.05) is 0 Å². The van der Waals surface area contributed by atoms with Crippen molar-refractivity contribution in [2.24, 2.45) is 0 Å². The molecular weight excluding hydrogens is 253 g/mol. The molecule has 1 heterocycles. The summed E-state index contributed by atoms with van der Waals surface area (Å²) in [5, 5.41) is 0. The molecule has 0 aliphatic rings. The van der Waals surface area contributed by atoms with E-state index in [0.29, 0.717) is 17.4 Å². The van der Waals surface area contributed by atoms with Crippen molar-refractivity contribution in [1.82, 2.24) is 4.98 Å². The molecule has 2 aromatic rings. The van der Waals surface area contributed by atoms with Crippen LogP contribution in [0.5, 0.6) is 11.5 Å². The van der Waals surface area contributed by atoms with Crippen LogP contribution in [-0.4, -0.2) is 4.98 Å². The zero-order valence-electron chi connectivity index (χ0n) is 10.2. The second-order valence-corrected chi connectivity index (χ2v) is 4.35. The zero-order chi connectivity index (χ0) is 13.1. The fraction of sp³-hybridized carbons (Fsp3) is 0.214. The molecular formula is C14H13ClFNO. The van der Waals surface area contributed by atoms with Crippen molar-refractivity contribution in [2.45, 2.75) is 19.7 Å². The van der Waals surface area contributed by atoms with E-state index < -0.39 is 0 Å². The van der Waals surface area contributed by atoms with E-state index in [-0.39, 0.29) is 5.82 Å². The first-order valence-electron chi connectivity index (χ1n) is 5.55. The van der Waals surface area contributed by atoms with Crippen molar-refractivity contribution >= 4 is 11.6 Å². The van der Waals surface area contributed by atoms with Crippen LogP contribution in [-0.2, 0) is 5.88 Å². The molecule has 2 nitrogen and oxygen atoms in total. The van der Waals surface area contributed by atoms with Gasteiger partial charge in [-0.05, 0) is 25.5 Å². The maximum Gasteiger partial charge on any atom is 0.135 e. The van der Waals surface area contributed by atoms with Crippen LogP contribution in [0.2, 0.25) is 0 Å². The average Bonchev–Trinajstić information content (AvgIpc) is 2.34. The number of aryl methyl sites for hydroxylation is 2. The Morgan fingerprint density at radius 1 is 1.22 bits per heavy atom. The fourth-order valence-electron chi connectivity index (χ4n) is 1.56. The van der Waals surface area contributed by atoms with Gasteiger partial charge in [0.2, 0.25) is 0 Å². The summed E-state index contributed by atoms with van der Waals surface area (Å²) in [4.78, 5) is 4.15. The number of alkyl halides is 1. The van der Waals surface area contributed by atoms with Crippen LogP contribution < -0.4 is 4.74 Å². The summed E-state index contributed by atoms with van der Waals surface area (Å²) in [5.41, 5.74) is 2.48. The number of hydrogen-bond acceptors (Lipinski definition) is 2. The van der Waals surface area contributed by atoms with E-state index in [0.717, 1.165) is 16.8 Å². The van der Waals surface area contributed by atoms with Gasteiger partial charge in [0, 0.05) is 29.6 Å². The molecule has 0 amide bonds. The maximum atomic E-state index is 13.2. The van der Waals surface area contributed by atoms with Gasteiger partial charge >= 0.3 is 0 Å². The molecule has 18 heavy (non-hydrogen) atoms. The van der Waals surface area contributed by atoms with Crippen molar-refractivity contribution in [3.63, 3.8) is 0 Å². The highest BCUT2D eigenvalue weighted by Gasteiger charge is 2.08. The fourth-order valence-corrected chi connectivity index (χ4v) is 1.76. The van der Waals surface area contributed by atoms with Gasteiger partial charge in [0.15, 0.2) is 0 Å². The first-order chi connectivity index (χ1) is 8.60. The molecule has 4 heteroatoms. The van der Waals surface area contributed by atoms with Gasteiger partial charge in [-0.2, -0.15) is 0 Å². The Morgan fingerprint density at radius 3 is 2.72 bits per heavy atom. The maximum absolute atomic E-state index is 13.2. The minimum Gasteiger partial charge on any atom is -0.457 e. The van der Waals surface area contributed by atoms with Crippen LogP contribution >= 0.6 is 11.6 Å². The Bertz CT molecular complexity index is 572. The molecule has 0 spiro atoms. The third kappa shape index (κ3) is 2.79. The third-order valence-corrected chi connectivity index (χ3v) is 2.88. The smallest absolute Gasteiger partial charge is 0.135 e. The third-order valence-electron chi connectivity index (χ3n) is 2.59. The van der Waals surface area contributed by atoms with Crippen LogP contribution in [0.4, 0.5) is 4.39 Å². The first-order valence-corrected chi connectivity index (χ1v) is 6.09. The Balaban J connectivity index is 2.38. The second-order valence-electron chi connectivity index (χ2n) is 4.08. The quantitative estimate of drug-likeness (QED) is 0.769. The molecule has 0 unspecified atom stereocenters. The summed E-state index contributed by atoms with van der Waals surface area (Å²) in [6.45, 7) is 3.73. The topological polar surface area (TPSA) is 22.1 Å². The minimum absolute atomic E-state index is 0.303. The highest BCUT2D eigenvalue weighted by atomic mass is 35.5. The lowest BCUT2D eigenvalue weighted by molar-refractivity contribution is 0.467. The molecule has 1 aromatic carbocycles. The molecule has 94 valence electrons. The number of aromatic nitrogens is 1. The minimum atomic E-state index is -0.325. The Morgan fingerprint density at radius 2 is 2.00 bits per heavy atom.